The Hall–Kier alpha value is -1.71. The van der Waals surface area contributed by atoms with E-state index in [0.29, 0.717) is 22.9 Å². The van der Waals surface area contributed by atoms with Gasteiger partial charge in [-0.05, 0) is 35.9 Å². The summed E-state index contributed by atoms with van der Waals surface area (Å²) in [6, 6.07) is 13.0. The molecule has 0 saturated heterocycles. The van der Waals surface area contributed by atoms with Crippen molar-refractivity contribution < 1.29 is 14.6 Å². The number of aliphatic hydroxyl groups is 1. The van der Waals surface area contributed by atoms with Gasteiger partial charge in [0.25, 0.3) is 0 Å². The average molecular weight is 291 g/mol. The Bertz CT molecular complexity index is 627. The van der Waals surface area contributed by atoms with Crippen LogP contribution in [0.1, 0.15) is 29.8 Å². The Morgan fingerprint density at radius 3 is 2.85 bits per heavy atom. The summed E-state index contributed by atoms with van der Waals surface area (Å²) in [5, 5.41) is 11.0. The standard InChI is InChI=1S/C16H15ClO3/c1-19-12-5-6-15-13(8-12)14(18)9-16(20-15)10-3-2-4-11(17)7-10/h2-8,14,16,18H,9H2,1H3/t14-,16?/m1/s1. The molecule has 1 aliphatic rings. The lowest BCUT2D eigenvalue weighted by molar-refractivity contribution is 0.0654. The molecule has 0 fully saturated rings. The molecule has 2 atom stereocenters. The van der Waals surface area contributed by atoms with Gasteiger partial charge >= 0.3 is 0 Å². The van der Waals surface area contributed by atoms with Crippen LogP contribution >= 0.6 is 11.6 Å². The summed E-state index contributed by atoms with van der Waals surface area (Å²) in [5.74, 6) is 1.40. The second kappa shape index (κ2) is 5.35. The van der Waals surface area contributed by atoms with E-state index in [4.69, 9.17) is 21.1 Å². The number of methoxy groups -OCH3 is 1. The molecule has 2 aromatic carbocycles. The van der Waals surface area contributed by atoms with E-state index >= 15 is 0 Å². The van der Waals surface area contributed by atoms with Crippen LogP contribution in [-0.2, 0) is 0 Å². The number of ether oxygens (including phenoxy) is 2. The maximum atomic E-state index is 10.3. The third kappa shape index (κ3) is 2.47. The second-order valence-electron chi connectivity index (χ2n) is 4.82. The normalized spacial score (nSPS) is 20.9. The van der Waals surface area contributed by atoms with Crippen molar-refractivity contribution >= 4 is 11.6 Å². The number of hydrogen-bond acceptors (Lipinski definition) is 3. The van der Waals surface area contributed by atoms with E-state index in [1.54, 1.807) is 7.11 Å². The van der Waals surface area contributed by atoms with Gasteiger partial charge in [0.1, 0.15) is 17.6 Å². The van der Waals surface area contributed by atoms with Crippen LogP contribution in [0.25, 0.3) is 0 Å². The van der Waals surface area contributed by atoms with Gasteiger partial charge in [-0.1, -0.05) is 23.7 Å². The quantitative estimate of drug-likeness (QED) is 0.911. The highest BCUT2D eigenvalue weighted by Crippen LogP contribution is 2.42. The molecule has 1 aliphatic heterocycles. The Balaban J connectivity index is 1.93. The minimum absolute atomic E-state index is 0.190. The Kier molecular flexibility index (Phi) is 3.55. The fraction of sp³-hybridized carbons (Fsp3) is 0.250. The van der Waals surface area contributed by atoms with Gasteiger partial charge in [0, 0.05) is 17.0 Å². The Labute approximate surface area is 122 Å². The molecule has 0 amide bonds. The van der Waals surface area contributed by atoms with Crippen molar-refractivity contribution in [1.82, 2.24) is 0 Å². The largest absolute Gasteiger partial charge is 0.497 e. The first kappa shape index (κ1) is 13.3. The van der Waals surface area contributed by atoms with Crippen LogP contribution in [0.5, 0.6) is 11.5 Å². The van der Waals surface area contributed by atoms with Gasteiger partial charge in [0.15, 0.2) is 0 Å². The molecule has 0 saturated carbocycles. The summed E-state index contributed by atoms with van der Waals surface area (Å²) < 4.78 is 11.1. The van der Waals surface area contributed by atoms with Crippen molar-refractivity contribution in [2.24, 2.45) is 0 Å². The lowest BCUT2D eigenvalue weighted by Crippen LogP contribution is -2.19. The van der Waals surface area contributed by atoms with E-state index < -0.39 is 6.10 Å². The van der Waals surface area contributed by atoms with Crippen molar-refractivity contribution in [1.29, 1.82) is 0 Å². The van der Waals surface area contributed by atoms with Gasteiger partial charge in [-0.25, -0.2) is 0 Å². The number of halogens is 1. The molecule has 1 N–H and O–H groups in total. The van der Waals surface area contributed by atoms with Crippen LogP contribution in [-0.4, -0.2) is 12.2 Å². The molecule has 1 unspecified atom stereocenters. The first-order chi connectivity index (χ1) is 9.67. The minimum atomic E-state index is -0.571. The van der Waals surface area contributed by atoms with Gasteiger partial charge in [0.05, 0.1) is 13.2 Å². The highest BCUT2D eigenvalue weighted by atomic mass is 35.5. The van der Waals surface area contributed by atoms with Crippen LogP contribution in [0.15, 0.2) is 42.5 Å². The van der Waals surface area contributed by atoms with Crippen molar-refractivity contribution in [3.8, 4) is 11.5 Å². The number of hydrogen-bond donors (Lipinski definition) is 1. The number of benzene rings is 2. The molecule has 0 bridgehead atoms. The molecule has 0 aliphatic carbocycles. The van der Waals surface area contributed by atoms with Crippen molar-refractivity contribution in [2.45, 2.75) is 18.6 Å². The zero-order valence-electron chi connectivity index (χ0n) is 11.0. The predicted molar refractivity (Wildman–Crippen MR) is 77.4 cm³/mol. The lowest BCUT2D eigenvalue weighted by atomic mass is 9.95. The fourth-order valence-corrected chi connectivity index (χ4v) is 2.66. The van der Waals surface area contributed by atoms with Gasteiger partial charge in [-0.15, -0.1) is 0 Å². The first-order valence-corrected chi connectivity index (χ1v) is 6.83. The topological polar surface area (TPSA) is 38.7 Å². The van der Waals surface area contributed by atoms with E-state index in [-0.39, 0.29) is 6.10 Å². The molecule has 3 rings (SSSR count). The molecule has 104 valence electrons. The van der Waals surface area contributed by atoms with Gasteiger partial charge in [-0.2, -0.15) is 0 Å². The van der Waals surface area contributed by atoms with Crippen LogP contribution in [0.3, 0.4) is 0 Å². The van der Waals surface area contributed by atoms with Gasteiger partial charge in [-0.3, -0.25) is 0 Å². The number of aliphatic hydroxyl groups excluding tert-OH is 1. The van der Waals surface area contributed by atoms with E-state index in [2.05, 4.69) is 0 Å². The van der Waals surface area contributed by atoms with E-state index in [1.165, 1.54) is 0 Å². The Morgan fingerprint density at radius 2 is 2.10 bits per heavy atom. The summed E-state index contributed by atoms with van der Waals surface area (Å²) in [6.07, 6.45) is -0.261. The zero-order chi connectivity index (χ0) is 14.1. The average Bonchev–Trinajstić information content (AvgIpc) is 2.47. The molecular weight excluding hydrogens is 276 g/mol. The summed E-state index contributed by atoms with van der Waals surface area (Å²) in [4.78, 5) is 0. The van der Waals surface area contributed by atoms with Crippen LogP contribution in [0.2, 0.25) is 5.02 Å². The Morgan fingerprint density at radius 1 is 1.25 bits per heavy atom. The van der Waals surface area contributed by atoms with Crippen molar-refractivity contribution in [2.75, 3.05) is 7.11 Å². The molecule has 2 aromatic rings. The third-order valence-electron chi connectivity index (χ3n) is 3.50. The molecule has 0 radical (unpaired) electrons. The summed E-state index contributed by atoms with van der Waals surface area (Å²) in [5.41, 5.74) is 1.74. The maximum Gasteiger partial charge on any atom is 0.127 e. The van der Waals surface area contributed by atoms with Gasteiger partial charge in [0.2, 0.25) is 0 Å². The van der Waals surface area contributed by atoms with Crippen molar-refractivity contribution in [3.63, 3.8) is 0 Å². The van der Waals surface area contributed by atoms with Gasteiger partial charge < -0.3 is 14.6 Å². The van der Waals surface area contributed by atoms with Crippen LogP contribution in [0, 0.1) is 0 Å². The molecule has 20 heavy (non-hydrogen) atoms. The van der Waals surface area contributed by atoms with Crippen molar-refractivity contribution in [3.05, 3.63) is 58.6 Å². The summed E-state index contributed by atoms with van der Waals surface area (Å²) in [6.45, 7) is 0. The number of fused-ring (bicyclic) bond motifs is 1. The highest BCUT2D eigenvalue weighted by Gasteiger charge is 2.28. The molecule has 0 spiro atoms. The SMILES string of the molecule is COc1ccc2c(c1)[C@H](O)CC(c1cccc(Cl)c1)O2. The van der Waals surface area contributed by atoms with E-state index in [0.717, 1.165) is 11.1 Å². The summed E-state index contributed by atoms with van der Waals surface area (Å²) >= 11 is 6.01. The highest BCUT2D eigenvalue weighted by molar-refractivity contribution is 6.30. The van der Waals surface area contributed by atoms with E-state index in [1.807, 2.05) is 42.5 Å². The third-order valence-corrected chi connectivity index (χ3v) is 3.74. The van der Waals surface area contributed by atoms with Crippen LogP contribution < -0.4 is 9.47 Å². The van der Waals surface area contributed by atoms with E-state index in [9.17, 15) is 5.11 Å². The minimum Gasteiger partial charge on any atom is -0.497 e. The summed E-state index contributed by atoms with van der Waals surface area (Å²) in [7, 11) is 1.60. The molecule has 1 heterocycles. The maximum absolute atomic E-state index is 10.3. The monoisotopic (exact) mass is 290 g/mol. The fourth-order valence-electron chi connectivity index (χ4n) is 2.46. The lowest BCUT2D eigenvalue weighted by Gasteiger charge is -2.30. The van der Waals surface area contributed by atoms with Crippen LogP contribution in [0.4, 0.5) is 0 Å². The molecule has 4 heteroatoms. The number of rotatable bonds is 2. The molecular formula is C16H15ClO3. The molecule has 3 nitrogen and oxygen atoms in total. The zero-order valence-corrected chi connectivity index (χ0v) is 11.8. The molecule has 0 aromatic heterocycles. The smallest absolute Gasteiger partial charge is 0.127 e. The second-order valence-corrected chi connectivity index (χ2v) is 5.25. The predicted octanol–water partition coefficient (Wildman–Crippen LogP) is 3.91. The first-order valence-electron chi connectivity index (χ1n) is 6.45.